The van der Waals surface area contributed by atoms with Gasteiger partial charge in [0.15, 0.2) is 0 Å². The van der Waals surface area contributed by atoms with Crippen molar-refractivity contribution in [1.29, 1.82) is 0 Å². The molecule has 90 valence electrons. The minimum atomic E-state index is -1.03. The quantitative estimate of drug-likeness (QED) is 0.862. The van der Waals surface area contributed by atoms with Crippen LogP contribution in [-0.2, 0) is 16.6 Å². The molecule has 4 nitrogen and oxygen atoms in total. The van der Waals surface area contributed by atoms with Crippen molar-refractivity contribution < 1.29 is 18.5 Å². The van der Waals surface area contributed by atoms with Gasteiger partial charge in [-0.2, -0.15) is 0 Å². The van der Waals surface area contributed by atoms with Gasteiger partial charge in [0.25, 0.3) is 0 Å². The summed E-state index contributed by atoms with van der Waals surface area (Å²) in [6.45, 7) is 5.93. The molecule has 16 heavy (non-hydrogen) atoms. The van der Waals surface area contributed by atoms with E-state index in [0.29, 0.717) is 11.7 Å². The highest BCUT2D eigenvalue weighted by atomic mass is 32.2. The van der Waals surface area contributed by atoms with Crippen LogP contribution in [0.15, 0.2) is 16.7 Å². The summed E-state index contributed by atoms with van der Waals surface area (Å²) in [6, 6.07) is 1.42. The van der Waals surface area contributed by atoms with E-state index in [1.54, 1.807) is 0 Å². The van der Waals surface area contributed by atoms with E-state index in [-0.39, 0.29) is 16.6 Å². The lowest BCUT2D eigenvalue weighted by Gasteiger charge is -2.13. The average Bonchev–Trinajstić information content (AvgIpc) is 2.64. The molecule has 1 rings (SSSR count). The van der Waals surface area contributed by atoms with Crippen molar-refractivity contribution >= 4 is 16.8 Å². The molecule has 2 atom stereocenters. The van der Waals surface area contributed by atoms with Crippen molar-refractivity contribution in [3.8, 4) is 0 Å². The minimum absolute atomic E-state index is 0.0679. The Labute approximate surface area is 97.1 Å². The molecule has 0 radical (unpaired) electrons. The third-order valence-corrected chi connectivity index (χ3v) is 4.48. The van der Waals surface area contributed by atoms with Gasteiger partial charge in [0, 0.05) is 16.0 Å². The first-order valence-corrected chi connectivity index (χ1v) is 6.48. The van der Waals surface area contributed by atoms with Crippen LogP contribution in [0, 0.1) is 5.92 Å². The average molecular weight is 244 g/mol. The van der Waals surface area contributed by atoms with Crippen molar-refractivity contribution in [1.82, 2.24) is 0 Å². The number of hydrogen-bond acceptors (Lipinski definition) is 3. The largest absolute Gasteiger partial charge is 0.478 e. The van der Waals surface area contributed by atoms with E-state index in [4.69, 9.17) is 9.52 Å². The summed E-state index contributed by atoms with van der Waals surface area (Å²) in [5.74, 6) is 0.0303. The molecule has 0 aliphatic heterocycles. The van der Waals surface area contributed by atoms with Gasteiger partial charge in [-0.3, -0.25) is 4.21 Å². The molecular formula is C11H16O4S. The number of aromatic carboxylic acids is 1. The maximum Gasteiger partial charge on any atom is 0.338 e. The van der Waals surface area contributed by atoms with Crippen molar-refractivity contribution in [3.05, 3.63) is 23.7 Å². The van der Waals surface area contributed by atoms with Crippen LogP contribution in [0.5, 0.6) is 0 Å². The zero-order valence-electron chi connectivity index (χ0n) is 9.60. The second-order valence-electron chi connectivity index (χ2n) is 4.08. The van der Waals surface area contributed by atoms with Crippen molar-refractivity contribution in [2.45, 2.75) is 31.8 Å². The van der Waals surface area contributed by atoms with Gasteiger partial charge in [-0.05, 0) is 12.0 Å². The molecule has 0 aliphatic carbocycles. The van der Waals surface area contributed by atoms with Crippen LogP contribution in [0.3, 0.4) is 0 Å². The fraction of sp³-hybridized carbons (Fsp3) is 0.545. The number of carbonyl (C=O) groups is 1. The summed E-state index contributed by atoms with van der Waals surface area (Å²) in [5.41, 5.74) is 0.101. The Morgan fingerprint density at radius 3 is 2.56 bits per heavy atom. The third-order valence-electron chi connectivity index (χ3n) is 2.54. The molecule has 2 unspecified atom stereocenters. The Kier molecular flexibility index (Phi) is 4.29. The lowest BCUT2D eigenvalue weighted by Crippen LogP contribution is -2.18. The van der Waals surface area contributed by atoms with Gasteiger partial charge >= 0.3 is 5.97 Å². The Hall–Kier alpha value is -1.10. The van der Waals surface area contributed by atoms with E-state index < -0.39 is 16.8 Å². The summed E-state index contributed by atoms with van der Waals surface area (Å²) in [7, 11) is -1.03. The zero-order chi connectivity index (χ0) is 12.3. The van der Waals surface area contributed by atoms with Gasteiger partial charge in [-0.25, -0.2) is 4.79 Å². The van der Waals surface area contributed by atoms with Gasteiger partial charge in [0.2, 0.25) is 0 Å². The molecule has 0 aliphatic rings. The SMILES string of the molecule is CC(C)C(C)S(=O)Cc1cc(C(=O)O)co1. The van der Waals surface area contributed by atoms with E-state index in [2.05, 4.69) is 0 Å². The fourth-order valence-electron chi connectivity index (χ4n) is 1.14. The molecular weight excluding hydrogens is 228 g/mol. The number of furan rings is 1. The fourth-order valence-corrected chi connectivity index (χ4v) is 2.45. The number of rotatable bonds is 5. The maximum absolute atomic E-state index is 11.8. The second kappa shape index (κ2) is 5.30. The van der Waals surface area contributed by atoms with E-state index in [0.717, 1.165) is 0 Å². The molecule has 1 aromatic heterocycles. The van der Waals surface area contributed by atoms with E-state index in [1.807, 2.05) is 20.8 Å². The Balaban J connectivity index is 2.66. The van der Waals surface area contributed by atoms with Crippen LogP contribution < -0.4 is 0 Å². The molecule has 5 heteroatoms. The molecule has 1 heterocycles. The Morgan fingerprint density at radius 2 is 2.12 bits per heavy atom. The predicted molar refractivity (Wildman–Crippen MR) is 61.8 cm³/mol. The van der Waals surface area contributed by atoms with Crippen LogP contribution in [0.1, 0.15) is 36.9 Å². The zero-order valence-corrected chi connectivity index (χ0v) is 10.4. The topological polar surface area (TPSA) is 67.5 Å². The molecule has 1 N–H and O–H groups in total. The summed E-state index contributed by atoms with van der Waals surface area (Å²) in [4.78, 5) is 10.6. The van der Waals surface area contributed by atoms with Crippen LogP contribution in [-0.4, -0.2) is 20.5 Å². The summed E-state index contributed by atoms with van der Waals surface area (Å²) >= 11 is 0. The van der Waals surface area contributed by atoms with E-state index >= 15 is 0 Å². The molecule has 0 fully saturated rings. The summed E-state index contributed by atoms with van der Waals surface area (Å²) in [6.07, 6.45) is 1.18. The van der Waals surface area contributed by atoms with E-state index in [1.165, 1.54) is 12.3 Å². The maximum atomic E-state index is 11.8. The van der Waals surface area contributed by atoms with Gasteiger partial charge in [-0.1, -0.05) is 20.8 Å². The first-order chi connectivity index (χ1) is 7.41. The molecule has 1 aromatic rings. The standard InChI is InChI=1S/C11H16O4S/c1-7(2)8(3)16(14)6-10-4-9(5-15-10)11(12)13/h4-5,7-8H,6H2,1-3H3,(H,12,13). The molecule has 0 aromatic carbocycles. The predicted octanol–water partition coefficient (Wildman–Crippen LogP) is 2.27. The molecule has 0 saturated carbocycles. The first kappa shape index (κ1) is 13.0. The van der Waals surface area contributed by atoms with Gasteiger partial charge in [0.05, 0.1) is 11.3 Å². The van der Waals surface area contributed by atoms with Gasteiger partial charge in [-0.15, -0.1) is 0 Å². The summed E-state index contributed by atoms with van der Waals surface area (Å²) < 4.78 is 16.9. The van der Waals surface area contributed by atoms with Crippen molar-refractivity contribution in [2.75, 3.05) is 0 Å². The third kappa shape index (κ3) is 3.20. The van der Waals surface area contributed by atoms with Crippen molar-refractivity contribution in [3.63, 3.8) is 0 Å². The van der Waals surface area contributed by atoms with E-state index in [9.17, 15) is 9.00 Å². The minimum Gasteiger partial charge on any atom is -0.478 e. The Bertz CT molecular complexity index is 394. The van der Waals surface area contributed by atoms with Gasteiger partial charge in [0.1, 0.15) is 12.0 Å². The molecule has 0 spiro atoms. The highest BCUT2D eigenvalue weighted by molar-refractivity contribution is 7.84. The van der Waals surface area contributed by atoms with Crippen molar-refractivity contribution in [2.24, 2.45) is 5.92 Å². The molecule has 0 saturated heterocycles. The number of carboxylic acids is 1. The first-order valence-electron chi connectivity index (χ1n) is 5.09. The molecule has 0 amide bonds. The Morgan fingerprint density at radius 1 is 1.50 bits per heavy atom. The smallest absolute Gasteiger partial charge is 0.338 e. The van der Waals surface area contributed by atoms with Crippen LogP contribution >= 0.6 is 0 Å². The van der Waals surface area contributed by atoms with Crippen LogP contribution in [0.4, 0.5) is 0 Å². The second-order valence-corrected chi connectivity index (χ2v) is 5.87. The molecule has 0 bridgehead atoms. The number of carboxylic acid groups (broad SMARTS) is 1. The normalized spacial score (nSPS) is 15.0. The van der Waals surface area contributed by atoms with Crippen LogP contribution in [0.2, 0.25) is 0 Å². The highest BCUT2D eigenvalue weighted by Crippen LogP contribution is 2.15. The lowest BCUT2D eigenvalue weighted by atomic mass is 10.2. The highest BCUT2D eigenvalue weighted by Gasteiger charge is 2.17. The number of hydrogen-bond donors (Lipinski definition) is 1. The lowest BCUT2D eigenvalue weighted by molar-refractivity contribution is 0.0696. The summed E-state index contributed by atoms with van der Waals surface area (Å²) in [5, 5.41) is 8.76. The van der Waals surface area contributed by atoms with Gasteiger partial charge < -0.3 is 9.52 Å². The van der Waals surface area contributed by atoms with Crippen LogP contribution in [0.25, 0.3) is 0 Å². The monoisotopic (exact) mass is 244 g/mol.